The van der Waals surface area contributed by atoms with Crippen molar-refractivity contribution in [1.82, 2.24) is 9.71 Å². The van der Waals surface area contributed by atoms with E-state index >= 15 is 0 Å². The summed E-state index contributed by atoms with van der Waals surface area (Å²) >= 11 is 0. The minimum absolute atomic E-state index is 0.0535. The molecule has 0 spiro atoms. The molecule has 162 valence electrons. The lowest BCUT2D eigenvalue weighted by Gasteiger charge is -2.44. The van der Waals surface area contributed by atoms with Crippen LogP contribution in [0.5, 0.6) is 11.5 Å². The van der Waals surface area contributed by atoms with E-state index in [9.17, 15) is 4.79 Å². The average molecular weight is 404 g/mol. The standard InChI is InChI=1S/C22H37BN2O4/c1-6-18-9-10-19(15-24(18)23)25(16(2)3)22(26)17-8-11-20(28-5)21(14-17)29-13-7-12-27-4/h8,11,14,16,18-19H,6-7,9-10,12-13,15,23H2,1-5H3/t18-,19?/m1/s1. The second kappa shape index (κ2) is 11.5. The van der Waals surface area contributed by atoms with Crippen LogP contribution in [0.15, 0.2) is 18.2 Å². The summed E-state index contributed by atoms with van der Waals surface area (Å²) in [6, 6.07) is 6.43. The summed E-state index contributed by atoms with van der Waals surface area (Å²) in [4.78, 5) is 17.9. The average Bonchev–Trinajstić information content (AvgIpc) is 2.71. The zero-order valence-electron chi connectivity index (χ0n) is 18.9. The lowest BCUT2D eigenvalue weighted by molar-refractivity contribution is 0.0477. The molecular weight excluding hydrogens is 367 g/mol. The van der Waals surface area contributed by atoms with E-state index in [0.717, 1.165) is 32.2 Å². The van der Waals surface area contributed by atoms with Crippen molar-refractivity contribution >= 4 is 13.9 Å². The van der Waals surface area contributed by atoms with Crippen LogP contribution in [0.4, 0.5) is 0 Å². The maximum atomic E-state index is 13.5. The predicted molar refractivity (Wildman–Crippen MR) is 119 cm³/mol. The molecule has 0 aliphatic carbocycles. The molecule has 1 heterocycles. The number of ether oxygens (including phenoxy) is 3. The summed E-state index contributed by atoms with van der Waals surface area (Å²) in [7, 11) is 5.45. The Morgan fingerprint density at radius 1 is 1.24 bits per heavy atom. The van der Waals surface area contributed by atoms with Gasteiger partial charge in [-0.2, -0.15) is 0 Å². The summed E-state index contributed by atoms with van der Waals surface area (Å²) in [6.07, 6.45) is 4.11. The van der Waals surface area contributed by atoms with E-state index in [1.54, 1.807) is 14.2 Å². The van der Waals surface area contributed by atoms with E-state index in [1.165, 1.54) is 0 Å². The first-order valence-corrected chi connectivity index (χ1v) is 10.8. The molecule has 0 aromatic heterocycles. The zero-order valence-corrected chi connectivity index (χ0v) is 18.9. The van der Waals surface area contributed by atoms with Gasteiger partial charge in [0.1, 0.15) is 0 Å². The molecule has 0 N–H and O–H groups in total. The number of rotatable bonds is 10. The third-order valence-corrected chi connectivity index (χ3v) is 5.77. The molecule has 1 saturated heterocycles. The Morgan fingerprint density at radius 3 is 2.59 bits per heavy atom. The molecular formula is C22H37BN2O4. The van der Waals surface area contributed by atoms with E-state index in [4.69, 9.17) is 14.2 Å². The first-order chi connectivity index (χ1) is 13.9. The number of amides is 1. The molecule has 6 nitrogen and oxygen atoms in total. The number of hydrogen-bond donors (Lipinski definition) is 0. The topological polar surface area (TPSA) is 51.2 Å². The van der Waals surface area contributed by atoms with E-state index in [0.29, 0.717) is 36.3 Å². The molecule has 0 bridgehead atoms. The Hall–Kier alpha value is -1.73. The number of carbonyl (C=O) groups is 1. The molecule has 1 aromatic rings. The van der Waals surface area contributed by atoms with Crippen molar-refractivity contribution in [2.24, 2.45) is 0 Å². The van der Waals surface area contributed by atoms with E-state index in [-0.39, 0.29) is 18.0 Å². The van der Waals surface area contributed by atoms with Gasteiger partial charge in [-0.15, -0.1) is 0 Å². The maximum absolute atomic E-state index is 13.5. The third kappa shape index (κ3) is 6.13. The van der Waals surface area contributed by atoms with Crippen molar-refractivity contribution in [1.29, 1.82) is 0 Å². The van der Waals surface area contributed by atoms with Gasteiger partial charge in [0, 0.05) is 44.3 Å². The van der Waals surface area contributed by atoms with Crippen molar-refractivity contribution in [2.75, 3.05) is 34.0 Å². The number of carbonyl (C=O) groups excluding carboxylic acids is 1. The van der Waals surface area contributed by atoms with E-state index < -0.39 is 0 Å². The number of benzene rings is 1. The summed E-state index contributed by atoms with van der Waals surface area (Å²) in [6.45, 7) is 8.49. The molecule has 1 aliphatic rings. The lowest BCUT2D eigenvalue weighted by atomic mass is 9.91. The number of piperidine rings is 1. The Bertz CT molecular complexity index is 656. The first kappa shape index (κ1) is 23.6. The van der Waals surface area contributed by atoms with Gasteiger partial charge in [-0.05, 0) is 57.4 Å². The fraction of sp³-hybridized carbons (Fsp3) is 0.682. The molecule has 1 unspecified atom stereocenters. The number of nitrogens with zero attached hydrogens (tertiary/aromatic N) is 2. The highest BCUT2D eigenvalue weighted by Gasteiger charge is 2.33. The Balaban J connectivity index is 2.18. The molecule has 7 heteroatoms. The Morgan fingerprint density at radius 2 is 2.00 bits per heavy atom. The Kier molecular flexibility index (Phi) is 9.31. The van der Waals surface area contributed by atoms with Crippen LogP contribution in [0.1, 0.15) is 56.8 Å². The molecule has 29 heavy (non-hydrogen) atoms. The fourth-order valence-electron chi connectivity index (χ4n) is 4.20. The minimum atomic E-state index is 0.0535. The first-order valence-electron chi connectivity index (χ1n) is 10.8. The smallest absolute Gasteiger partial charge is 0.254 e. The van der Waals surface area contributed by atoms with Gasteiger partial charge >= 0.3 is 0 Å². The molecule has 1 aliphatic heterocycles. The van der Waals surface area contributed by atoms with Gasteiger partial charge in [0.2, 0.25) is 0 Å². The van der Waals surface area contributed by atoms with Crippen molar-refractivity contribution in [2.45, 2.75) is 64.6 Å². The van der Waals surface area contributed by atoms with Crippen LogP contribution >= 0.6 is 0 Å². The van der Waals surface area contributed by atoms with Gasteiger partial charge in [0.05, 0.1) is 13.7 Å². The summed E-state index contributed by atoms with van der Waals surface area (Å²) in [5.41, 5.74) is 0.640. The van der Waals surface area contributed by atoms with Crippen LogP contribution in [0.3, 0.4) is 0 Å². The van der Waals surface area contributed by atoms with Gasteiger partial charge in [0.15, 0.2) is 19.5 Å². The number of methoxy groups -OCH3 is 2. The molecule has 1 amide bonds. The largest absolute Gasteiger partial charge is 0.493 e. The predicted octanol–water partition coefficient (Wildman–Crippen LogP) is 2.75. The van der Waals surface area contributed by atoms with Gasteiger partial charge in [-0.1, -0.05) is 6.92 Å². The van der Waals surface area contributed by atoms with Crippen LogP contribution in [0, 0.1) is 0 Å². The molecule has 2 rings (SSSR count). The molecule has 2 atom stereocenters. The van der Waals surface area contributed by atoms with Crippen molar-refractivity contribution < 1.29 is 19.0 Å². The van der Waals surface area contributed by atoms with Gasteiger partial charge < -0.3 is 23.9 Å². The molecule has 0 radical (unpaired) electrons. The van der Waals surface area contributed by atoms with Gasteiger partial charge in [-0.3, -0.25) is 4.79 Å². The fourth-order valence-corrected chi connectivity index (χ4v) is 4.20. The van der Waals surface area contributed by atoms with Gasteiger partial charge in [0.25, 0.3) is 5.91 Å². The third-order valence-electron chi connectivity index (χ3n) is 5.77. The SMILES string of the molecule is BN1CC(N(C(=O)c2ccc(OC)c(OCCCOC)c2)C(C)C)CC[C@H]1CC. The van der Waals surface area contributed by atoms with Crippen molar-refractivity contribution in [3.63, 3.8) is 0 Å². The monoisotopic (exact) mass is 404 g/mol. The van der Waals surface area contributed by atoms with Crippen LogP contribution in [-0.2, 0) is 4.74 Å². The van der Waals surface area contributed by atoms with Crippen LogP contribution in [-0.4, -0.2) is 75.7 Å². The highest BCUT2D eigenvalue weighted by molar-refractivity contribution is 6.04. The number of hydrogen-bond acceptors (Lipinski definition) is 5. The highest BCUT2D eigenvalue weighted by atomic mass is 16.5. The molecule has 0 saturated carbocycles. The van der Waals surface area contributed by atoms with Crippen LogP contribution < -0.4 is 9.47 Å². The second-order valence-electron chi connectivity index (χ2n) is 8.10. The molecule has 1 aromatic carbocycles. The maximum Gasteiger partial charge on any atom is 0.254 e. The second-order valence-corrected chi connectivity index (χ2v) is 8.10. The quantitative estimate of drug-likeness (QED) is 0.444. The zero-order chi connectivity index (χ0) is 21.4. The molecule has 1 fully saturated rings. The van der Waals surface area contributed by atoms with Crippen molar-refractivity contribution in [3.05, 3.63) is 23.8 Å². The van der Waals surface area contributed by atoms with Gasteiger partial charge in [-0.25, -0.2) is 0 Å². The lowest BCUT2D eigenvalue weighted by Crippen LogP contribution is -2.54. The van der Waals surface area contributed by atoms with Crippen LogP contribution in [0.25, 0.3) is 0 Å². The van der Waals surface area contributed by atoms with E-state index in [2.05, 4.69) is 33.6 Å². The highest BCUT2D eigenvalue weighted by Crippen LogP contribution is 2.30. The summed E-state index contributed by atoms with van der Waals surface area (Å²) in [5.74, 6) is 1.29. The van der Waals surface area contributed by atoms with Crippen LogP contribution in [0.2, 0.25) is 0 Å². The summed E-state index contributed by atoms with van der Waals surface area (Å²) < 4.78 is 16.4. The minimum Gasteiger partial charge on any atom is -0.493 e. The van der Waals surface area contributed by atoms with Crippen molar-refractivity contribution in [3.8, 4) is 11.5 Å². The van der Waals surface area contributed by atoms with E-state index in [1.807, 2.05) is 23.1 Å². The summed E-state index contributed by atoms with van der Waals surface area (Å²) in [5, 5.41) is 0. The Labute approximate surface area is 176 Å². The normalized spacial score (nSPS) is 19.9.